The van der Waals surface area contributed by atoms with Crippen LogP contribution in [-0.4, -0.2) is 33.6 Å². The minimum absolute atomic E-state index is 0.148. The number of likely N-dealkylation sites (tertiary alicyclic amines) is 1. The fourth-order valence-corrected chi connectivity index (χ4v) is 3.23. The zero-order valence-corrected chi connectivity index (χ0v) is 11.5. The molecule has 0 bridgehead atoms. The van der Waals surface area contributed by atoms with Gasteiger partial charge in [0.1, 0.15) is 5.82 Å². The Hall–Kier alpha value is -0.870. The number of nitrogens with two attached hydrogens (primary N) is 1. The molecule has 0 radical (unpaired) electrons. The van der Waals surface area contributed by atoms with Crippen LogP contribution >= 0.6 is 0 Å². The lowest BCUT2D eigenvalue weighted by Crippen LogP contribution is -2.27. The van der Waals surface area contributed by atoms with Gasteiger partial charge in [0.25, 0.3) is 0 Å². The molecule has 1 saturated heterocycles. The topological polar surface area (TPSA) is 47.1 Å². The lowest BCUT2D eigenvalue weighted by molar-refractivity contribution is 0.272. The third-order valence-corrected chi connectivity index (χ3v) is 4.44. The standard InChI is InChI=1S/C14H24N4/c1-10(2)17-7-5-11(8-17)13-9-18-6-3-4-12(15)14(18)16-13/h9-12H,3-8,15H2,1-2H3. The smallest absolute Gasteiger partial charge is 0.125 e. The Bertz CT molecular complexity index is 423. The molecule has 2 aliphatic heterocycles. The molecule has 0 amide bonds. The summed E-state index contributed by atoms with van der Waals surface area (Å²) >= 11 is 0. The van der Waals surface area contributed by atoms with Gasteiger partial charge in [0.15, 0.2) is 0 Å². The number of fused-ring (bicyclic) bond motifs is 1. The summed E-state index contributed by atoms with van der Waals surface area (Å²) in [4.78, 5) is 7.36. The van der Waals surface area contributed by atoms with E-state index in [0.717, 1.165) is 25.3 Å². The fourth-order valence-electron chi connectivity index (χ4n) is 3.23. The molecular weight excluding hydrogens is 224 g/mol. The number of imidazole rings is 1. The summed E-state index contributed by atoms with van der Waals surface area (Å²) < 4.78 is 2.28. The van der Waals surface area contributed by atoms with E-state index in [1.54, 1.807) is 0 Å². The Morgan fingerprint density at radius 3 is 2.83 bits per heavy atom. The van der Waals surface area contributed by atoms with Crippen LogP contribution in [0.1, 0.15) is 56.6 Å². The molecule has 2 N–H and O–H groups in total. The van der Waals surface area contributed by atoms with Crippen LogP contribution in [0.2, 0.25) is 0 Å². The summed E-state index contributed by atoms with van der Waals surface area (Å²) in [7, 11) is 0. The molecule has 0 aliphatic carbocycles. The lowest BCUT2D eigenvalue weighted by Gasteiger charge is -2.19. The van der Waals surface area contributed by atoms with E-state index in [1.165, 1.54) is 25.1 Å². The van der Waals surface area contributed by atoms with E-state index >= 15 is 0 Å². The second-order valence-corrected chi connectivity index (χ2v) is 6.04. The van der Waals surface area contributed by atoms with Gasteiger partial charge in [-0.1, -0.05) is 0 Å². The van der Waals surface area contributed by atoms with Crippen LogP contribution in [0.4, 0.5) is 0 Å². The first kappa shape index (κ1) is 12.2. The number of hydrogen-bond donors (Lipinski definition) is 1. The Morgan fingerprint density at radius 2 is 2.17 bits per heavy atom. The highest BCUT2D eigenvalue weighted by molar-refractivity contribution is 5.15. The average molecular weight is 248 g/mol. The first-order valence-corrected chi connectivity index (χ1v) is 7.21. The van der Waals surface area contributed by atoms with E-state index in [1.807, 2.05) is 0 Å². The predicted octanol–water partition coefficient (Wildman–Crippen LogP) is 1.87. The number of hydrogen-bond acceptors (Lipinski definition) is 3. The van der Waals surface area contributed by atoms with Crippen molar-refractivity contribution in [2.24, 2.45) is 5.73 Å². The molecule has 1 aromatic rings. The van der Waals surface area contributed by atoms with Crippen molar-refractivity contribution in [3.05, 3.63) is 17.7 Å². The molecule has 2 atom stereocenters. The SMILES string of the molecule is CC(C)N1CCC(c2cn3c(n2)C(N)CCC3)C1. The van der Waals surface area contributed by atoms with Crippen LogP contribution in [-0.2, 0) is 6.54 Å². The van der Waals surface area contributed by atoms with Gasteiger partial charge in [-0.2, -0.15) is 0 Å². The van der Waals surface area contributed by atoms with Crippen molar-refractivity contribution >= 4 is 0 Å². The highest BCUT2D eigenvalue weighted by Crippen LogP contribution is 2.30. The Balaban J connectivity index is 1.78. The predicted molar refractivity (Wildman–Crippen MR) is 72.5 cm³/mol. The molecule has 3 rings (SSSR count). The average Bonchev–Trinajstić information content (AvgIpc) is 2.95. The highest BCUT2D eigenvalue weighted by atomic mass is 15.2. The Morgan fingerprint density at radius 1 is 1.33 bits per heavy atom. The summed E-state index contributed by atoms with van der Waals surface area (Å²) in [6.07, 6.45) is 5.76. The summed E-state index contributed by atoms with van der Waals surface area (Å²) in [6, 6.07) is 0.796. The molecule has 4 heteroatoms. The van der Waals surface area contributed by atoms with Crippen molar-refractivity contribution < 1.29 is 0 Å². The summed E-state index contributed by atoms with van der Waals surface area (Å²) in [6.45, 7) is 8.00. The molecule has 100 valence electrons. The second kappa shape index (κ2) is 4.67. The summed E-state index contributed by atoms with van der Waals surface area (Å²) in [5.41, 5.74) is 7.41. The monoisotopic (exact) mass is 248 g/mol. The number of aromatic nitrogens is 2. The maximum absolute atomic E-state index is 6.14. The number of rotatable bonds is 2. The molecule has 4 nitrogen and oxygen atoms in total. The molecule has 0 saturated carbocycles. The van der Waals surface area contributed by atoms with Gasteiger partial charge in [0, 0.05) is 31.2 Å². The molecule has 2 unspecified atom stereocenters. The lowest BCUT2D eigenvalue weighted by atomic mass is 10.1. The summed E-state index contributed by atoms with van der Waals surface area (Å²) in [5, 5.41) is 0. The highest BCUT2D eigenvalue weighted by Gasteiger charge is 2.29. The van der Waals surface area contributed by atoms with Gasteiger partial charge in [-0.3, -0.25) is 0 Å². The normalized spacial score (nSPS) is 28.9. The third-order valence-electron chi connectivity index (χ3n) is 4.44. The number of aryl methyl sites for hydroxylation is 1. The molecular formula is C14H24N4. The number of nitrogens with zero attached hydrogens (tertiary/aromatic N) is 3. The second-order valence-electron chi connectivity index (χ2n) is 6.04. The van der Waals surface area contributed by atoms with Gasteiger partial charge in [-0.05, 0) is 39.7 Å². The van der Waals surface area contributed by atoms with E-state index in [2.05, 4.69) is 29.5 Å². The van der Waals surface area contributed by atoms with Crippen LogP contribution < -0.4 is 5.73 Å². The third kappa shape index (κ3) is 2.08. The van der Waals surface area contributed by atoms with Crippen molar-refractivity contribution in [2.45, 2.75) is 57.7 Å². The van der Waals surface area contributed by atoms with Crippen molar-refractivity contribution in [3.8, 4) is 0 Å². The largest absolute Gasteiger partial charge is 0.333 e. The van der Waals surface area contributed by atoms with Crippen LogP contribution in [0.3, 0.4) is 0 Å². The Kier molecular flexibility index (Phi) is 3.16. The minimum atomic E-state index is 0.148. The van der Waals surface area contributed by atoms with Gasteiger partial charge >= 0.3 is 0 Å². The van der Waals surface area contributed by atoms with Gasteiger partial charge in [0.05, 0.1) is 11.7 Å². The first-order valence-electron chi connectivity index (χ1n) is 7.21. The van der Waals surface area contributed by atoms with Gasteiger partial charge < -0.3 is 15.2 Å². The molecule has 0 spiro atoms. The minimum Gasteiger partial charge on any atom is -0.333 e. The quantitative estimate of drug-likeness (QED) is 0.869. The van der Waals surface area contributed by atoms with E-state index in [-0.39, 0.29) is 6.04 Å². The van der Waals surface area contributed by atoms with Crippen molar-refractivity contribution in [3.63, 3.8) is 0 Å². The van der Waals surface area contributed by atoms with Gasteiger partial charge in [-0.25, -0.2) is 4.98 Å². The van der Waals surface area contributed by atoms with E-state index in [9.17, 15) is 0 Å². The van der Waals surface area contributed by atoms with Crippen LogP contribution in [0, 0.1) is 0 Å². The molecule has 18 heavy (non-hydrogen) atoms. The van der Waals surface area contributed by atoms with Crippen molar-refractivity contribution in [1.82, 2.24) is 14.5 Å². The van der Waals surface area contributed by atoms with Crippen LogP contribution in [0.15, 0.2) is 6.20 Å². The molecule has 1 aromatic heterocycles. The molecule has 3 heterocycles. The van der Waals surface area contributed by atoms with Gasteiger partial charge in [0.2, 0.25) is 0 Å². The maximum atomic E-state index is 6.14. The maximum Gasteiger partial charge on any atom is 0.125 e. The van der Waals surface area contributed by atoms with E-state index in [0.29, 0.717) is 12.0 Å². The Labute approximate surface area is 109 Å². The molecule has 1 fully saturated rings. The van der Waals surface area contributed by atoms with E-state index < -0.39 is 0 Å². The van der Waals surface area contributed by atoms with Crippen molar-refractivity contribution in [2.75, 3.05) is 13.1 Å². The van der Waals surface area contributed by atoms with Crippen molar-refractivity contribution in [1.29, 1.82) is 0 Å². The summed E-state index contributed by atoms with van der Waals surface area (Å²) in [5.74, 6) is 1.72. The van der Waals surface area contributed by atoms with E-state index in [4.69, 9.17) is 10.7 Å². The van der Waals surface area contributed by atoms with Gasteiger partial charge in [-0.15, -0.1) is 0 Å². The zero-order valence-electron chi connectivity index (χ0n) is 11.5. The fraction of sp³-hybridized carbons (Fsp3) is 0.786. The molecule has 0 aromatic carbocycles. The zero-order chi connectivity index (χ0) is 12.7. The molecule has 2 aliphatic rings. The van der Waals surface area contributed by atoms with Crippen LogP contribution in [0.5, 0.6) is 0 Å². The van der Waals surface area contributed by atoms with Crippen LogP contribution in [0.25, 0.3) is 0 Å². The first-order chi connectivity index (χ1) is 8.65.